The summed E-state index contributed by atoms with van der Waals surface area (Å²) in [5.41, 5.74) is 2.10. The van der Waals surface area contributed by atoms with Gasteiger partial charge in [-0.1, -0.05) is 35.3 Å². The summed E-state index contributed by atoms with van der Waals surface area (Å²) < 4.78 is 2.04. The predicted molar refractivity (Wildman–Crippen MR) is 70.8 cm³/mol. The van der Waals surface area contributed by atoms with Gasteiger partial charge in [-0.3, -0.25) is 0 Å². The molecule has 1 heterocycles. The standard InChI is InChI=1S/C13H11Cl2N/c1-16-8-2-3-12(16)7-5-10-4-6-11(14)9-13(10)15/h2-9H,1H3/b7-5-. The van der Waals surface area contributed by atoms with E-state index >= 15 is 0 Å². The zero-order valence-electron chi connectivity index (χ0n) is 8.82. The molecule has 0 radical (unpaired) electrons. The summed E-state index contributed by atoms with van der Waals surface area (Å²) in [6.45, 7) is 0. The molecule has 0 spiro atoms. The second kappa shape index (κ2) is 4.77. The molecule has 16 heavy (non-hydrogen) atoms. The number of hydrogen-bond donors (Lipinski definition) is 0. The summed E-state index contributed by atoms with van der Waals surface area (Å²) in [5, 5.41) is 1.32. The summed E-state index contributed by atoms with van der Waals surface area (Å²) in [4.78, 5) is 0. The number of halogens is 2. The van der Waals surface area contributed by atoms with E-state index in [1.54, 1.807) is 6.07 Å². The van der Waals surface area contributed by atoms with Crippen molar-refractivity contribution in [3.63, 3.8) is 0 Å². The number of aromatic nitrogens is 1. The Hall–Kier alpha value is -1.18. The average molecular weight is 252 g/mol. The van der Waals surface area contributed by atoms with E-state index in [-0.39, 0.29) is 0 Å². The van der Waals surface area contributed by atoms with Gasteiger partial charge in [0.1, 0.15) is 0 Å². The molecule has 0 saturated carbocycles. The van der Waals surface area contributed by atoms with Crippen molar-refractivity contribution in [1.82, 2.24) is 4.57 Å². The Labute approximate surface area is 105 Å². The molecule has 0 aliphatic heterocycles. The van der Waals surface area contributed by atoms with E-state index in [0.29, 0.717) is 10.0 Å². The van der Waals surface area contributed by atoms with Gasteiger partial charge in [-0.15, -0.1) is 0 Å². The van der Waals surface area contributed by atoms with Gasteiger partial charge in [0.15, 0.2) is 0 Å². The van der Waals surface area contributed by atoms with E-state index < -0.39 is 0 Å². The van der Waals surface area contributed by atoms with Crippen molar-refractivity contribution in [2.75, 3.05) is 0 Å². The van der Waals surface area contributed by atoms with E-state index in [2.05, 4.69) is 0 Å². The van der Waals surface area contributed by atoms with Crippen molar-refractivity contribution in [3.05, 3.63) is 57.8 Å². The van der Waals surface area contributed by atoms with E-state index in [9.17, 15) is 0 Å². The highest BCUT2D eigenvalue weighted by Crippen LogP contribution is 2.22. The van der Waals surface area contributed by atoms with Gasteiger partial charge in [0.2, 0.25) is 0 Å². The van der Waals surface area contributed by atoms with Crippen LogP contribution < -0.4 is 0 Å². The number of nitrogens with zero attached hydrogens (tertiary/aromatic N) is 1. The van der Waals surface area contributed by atoms with Gasteiger partial charge in [0.25, 0.3) is 0 Å². The lowest BCUT2D eigenvalue weighted by Gasteiger charge is -1.99. The number of aryl methyl sites for hydroxylation is 1. The van der Waals surface area contributed by atoms with Crippen LogP contribution in [0.15, 0.2) is 36.5 Å². The van der Waals surface area contributed by atoms with E-state index in [1.165, 1.54) is 0 Å². The predicted octanol–water partition coefficient (Wildman–Crippen LogP) is 4.50. The molecule has 2 rings (SSSR count). The van der Waals surface area contributed by atoms with Crippen LogP contribution in [0.25, 0.3) is 12.2 Å². The first-order valence-corrected chi connectivity index (χ1v) is 5.67. The van der Waals surface area contributed by atoms with Crippen LogP contribution in [-0.2, 0) is 7.05 Å². The van der Waals surface area contributed by atoms with Crippen molar-refractivity contribution in [2.24, 2.45) is 7.05 Å². The first kappa shape index (κ1) is 11.3. The molecule has 0 fully saturated rings. The fourth-order valence-corrected chi connectivity index (χ4v) is 1.93. The molecule has 0 N–H and O–H groups in total. The molecule has 1 nitrogen and oxygen atoms in total. The monoisotopic (exact) mass is 251 g/mol. The zero-order chi connectivity index (χ0) is 11.5. The Bertz CT molecular complexity index is 526. The fraction of sp³-hybridized carbons (Fsp3) is 0.0769. The average Bonchev–Trinajstić information content (AvgIpc) is 2.63. The summed E-state index contributed by atoms with van der Waals surface area (Å²) in [7, 11) is 2.00. The fourth-order valence-electron chi connectivity index (χ4n) is 1.46. The molecule has 0 aliphatic carbocycles. The molecule has 0 aliphatic rings. The van der Waals surface area contributed by atoms with Gasteiger partial charge in [-0.2, -0.15) is 0 Å². The van der Waals surface area contributed by atoms with E-state index in [4.69, 9.17) is 23.2 Å². The van der Waals surface area contributed by atoms with Crippen molar-refractivity contribution in [1.29, 1.82) is 0 Å². The largest absolute Gasteiger partial charge is 0.351 e. The molecule has 2 aromatic rings. The Morgan fingerprint density at radius 1 is 1.12 bits per heavy atom. The second-order valence-corrected chi connectivity index (χ2v) is 4.39. The highest BCUT2D eigenvalue weighted by atomic mass is 35.5. The third-order valence-corrected chi connectivity index (χ3v) is 2.94. The van der Waals surface area contributed by atoms with Crippen molar-refractivity contribution >= 4 is 35.4 Å². The maximum absolute atomic E-state index is 6.07. The van der Waals surface area contributed by atoms with Gasteiger partial charge in [0.05, 0.1) is 0 Å². The SMILES string of the molecule is Cn1cccc1/C=C\c1ccc(Cl)cc1Cl. The molecule has 0 atom stereocenters. The first-order valence-electron chi connectivity index (χ1n) is 4.91. The van der Waals surface area contributed by atoms with Crippen LogP contribution in [0.4, 0.5) is 0 Å². The van der Waals surface area contributed by atoms with Crippen molar-refractivity contribution in [3.8, 4) is 0 Å². The normalized spacial score (nSPS) is 11.2. The zero-order valence-corrected chi connectivity index (χ0v) is 10.3. The number of hydrogen-bond acceptors (Lipinski definition) is 0. The van der Waals surface area contributed by atoms with Crippen LogP contribution in [0, 0.1) is 0 Å². The molecule has 0 unspecified atom stereocenters. The Morgan fingerprint density at radius 3 is 2.56 bits per heavy atom. The molecular formula is C13H11Cl2N. The minimum Gasteiger partial charge on any atom is -0.351 e. The molecule has 0 amide bonds. The van der Waals surface area contributed by atoms with Crippen molar-refractivity contribution in [2.45, 2.75) is 0 Å². The first-order chi connectivity index (χ1) is 7.66. The Kier molecular flexibility index (Phi) is 3.37. The summed E-state index contributed by atoms with van der Waals surface area (Å²) >= 11 is 11.9. The smallest absolute Gasteiger partial charge is 0.0493 e. The maximum atomic E-state index is 6.07. The molecule has 82 valence electrons. The maximum Gasteiger partial charge on any atom is 0.0493 e. The van der Waals surface area contributed by atoms with Gasteiger partial charge in [0, 0.05) is 29.0 Å². The van der Waals surface area contributed by atoms with E-state index in [1.807, 2.05) is 54.2 Å². The number of rotatable bonds is 2. The second-order valence-electron chi connectivity index (χ2n) is 3.54. The van der Waals surface area contributed by atoms with Crippen LogP contribution in [-0.4, -0.2) is 4.57 Å². The molecule has 0 saturated heterocycles. The van der Waals surface area contributed by atoms with Crippen LogP contribution >= 0.6 is 23.2 Å². The Balaban J connectivity index is 2.27. The minimum atomic E-state index is 0.654. The van der Waals surface area contributed by atoms with E-state index in [0.717, 1.165) is 11.3 Å². The molecule has 0 bridgehead atoms. The third kappa shape index (κ3) is 2.49. The highest BCUT2D eigenvalue weighted by Gasteiger charge is 1.97. The number of benzene rings is 1. The van der Waals surface area contributed by atoms with Crippen LogP contribution in [0.5, 0.6) is 0 Å². The topological polar surface area (TPSA) is 4.93 Å². The van der Waals surface area contributed by atoms with Gasteiger partial charge in [-0.25, -0.2) is 0 Å². The third-order valence-electron chi connectivity index (χ3n) is 2.38. The minimum absolute atomic E-state index is 0.654. The van der Waals surface area contributed by atoms with Gasteiger partial charge < -0.3 is 4.57 Å². The lowest BCUT2D eigenvalue weighted by molar-refractivity contribution is 0.915. The lowest BCUT2D eigenvalue weighted by atomic mass is 10.2. The van der Waals surface area contributed by atoms with Crippen LogP contribution in [0.3, 0.4) is 0 Å². The summed E-state index contributed by atoms with van der Waals surface area (Å²) in [6.07, 6.45) is 6.01. The van der Waals surface area contributed by atoms with Crippen LogP contribution in [0.1, 0.15) is 11.3 Å². The quantitative estimate of drug-likeness (QED) is 0.741. The van der Waals surface area contributed by atoms with Crippen LogP contribution in [0.2, 0.25) is 10.0 Å². The Morgan fingerprint density at radius 2 is 1.94 bits per heavy atom. The molecular weight excluding hydrogens is 241 g/mol. The molecule has 1 aromatic carbocycles. The summed E-state index contributed by atoms with van der Waals surface area (Å²) in [6, 6.07) is 9.53. The highest BCUT2D eigenvalue weighted by molar-refractivity contribution is 6.35. The van der Waals surface area contributed by atoms with Gasteiger partial charge >= 0.3 is 0 Å². The van der Waals surface area contributed by atoms with Crippen molar-refractivity contribution < 1.29 is 0 Å². The van der Waals surface area contributed by atoms with Gasteiger partial charge in [-0.05, 0) is 35.9 Å². The summed E-state index contributed by atoms with van der Waals surface area (Å²) in [5.74, 6) is 0. The molecule has 3 heteroatoms. The lowest BCUT2D eigenvalue weighted by Crippen LogP contribution is -1.86. The molecule has 1 aromatic heterocycles.